The molecule has 0 bridgehead atoms. The Morgan fingerprint density at radius 3 is 1.32 bits per heavy atom. The molecule has 0 aliphatic carbocycles. The molecule has 0 saturated heterocycles. The molecule has 0 radical (unpaired) electrons. The Balaban J connectivity index is 2.06. The highest BCUT2D eigenvalue weighted by molar-refractivity contribution is 7.89. The first-order valence-corrected chi connectivity index (χ1v) is 18.2. The average Bonchev–Trinajstić information content (AvgIpc) is 2.99. The number of sulfonamides is 1. The molecule has 0 aliphatic heterocycles. The number of hydrazone groups is 1. The molecule has 4 aromatic rings. The largest absolute Gasteiger partial charge is 0.428 e. The van der Waals surface area contributed by atoms with E-state index in [1.54, 1.807) is 91.0 Å². The van der Waals surface area contributed by atoms with Gasteiger partial charge in [0.2, 0.25) is 8.07 Å². The van der Waals surface area contributed by atoms with Crippen LogP contribution in [0.5, 0.6) is 0 Å². The van der Waals surface area contributed by atoms with Crippen molar-refractivity contribution in [2.75, 3.05) is 0 Å². The van der Waals surface area contributed by atoms with Gasteiger partial charge in [-0.15, -0.1) is 0 Å². The van der Waals surface area contributed by atoms with Crippen molar-refractivity contribution in [1.29, 1.82) is 0 Å². The van der Waals surface area contributed by atoms with Crippen LogP contribution in [0, 0.1) is 0 Å². The Kier molecular flexibility index (Phi) is 9.90. The van der Waals surface area contributed by atoms with Crippen molar-refractivity contribution in [3.8, 4) is 0 Å². The van der Waals surface area contributed by atoms with Crippen molar-refractivity contribution in [2.45, 2.75) is 70.4 Å². The summed E-state index contributed by atoms with van der Waals surface area (Å²) in [5, 5.41) is 4.05. The average molecular weight is 637 g/mol. The van der Waals surface area contributed by atoms with Gasteiger partial charge in [0.05, 0.1) is 4.90 Å². The fourth-order valence-electron chi connectivity index (χ4n) is 5.69. The monoisotopic (exact) mass is 636 g/mol. The second-order valence-electron chi connectivity index (χ2n) is 11.9. The first-order valence-electron chi connectivity index (χ1n) is 14.7. The first kappa shape index (κ1) is 33.2. The van der Waals surface area contributed by atoms with E-state index in [1.807, 2.05) is 53.7 Å². The van der Waals surface area contributed by atoms with Crippen molar-refractivity contribution in [3.05, 3.63) is 120 Å². The zero-order chi connectivity index (χ0) is 32.3. The van der Waals surface area contributed by atoms with E-state index < -0.39 is 29.6 Å². The lowest BCUT2D eigenvalue weighted by molar-refractivity contribution is -0.0565. The first-order chi connectivity index (χ1) is 20.7. The summed E-state index contributed by atoms with van der Waals surface area (Å²) in [6, 6.07) is 29.1. The van der Waals surface area contributed by atoms with Crippen molar-refractivity contribution in [3.63, 3.8) is 0 Å². The minimum Gasteiger partial charge on any atom is -0.200 e. The molecule has 0 spiro atoms. The van der Waals surface area contributed by atoms with Crippen LogP contribution in [0.25, 0.3) is 0 Å². The minimum absolute atomic E-state index is 0.0106. The smallest absolute Gasteiger partial charge is 0.200 e. The third-order valence-corrected chi connectivity index (χ3v) is 13.9. The molecule has 0 unspecified atom stereocenters. The van der Waals surface area contributed by atoms with Crippen molar-refractivity contribution < 1.29 is 21.6 Å². The molecule has 44 heavy (non-hydrogen) atoms. The van der Waals surface area contributed by atoms with E-state index in [0.29, 0.717) is 26.7 Å². The number of nitrogens with zero attached hydrogens (tertiary/aromatic N) is 1. The normalized spacial score (nSPS) is 13.1. The minimum atomic E-state index is -4.97. The SMILES string of the molecule is CC(C)c1cc(C(C)C)c(S(=O)(=O)N/N=C(/C(F)(F)F)[Si](c2ccccc2)(c2ccccc2)c2ccccc2)c(C(C)C)c1. The third kappa shape index (κ3) is 6.54. The van der Waals surface area contributed by atoms with Crippen LogP contribution in [0.1, 0.15) is 76.0 Å². The highest BCUT2D eigenvalue weighted by Gasteiger charge is 2.56. The van der Waals surface area contributed by atoms with E-state index in [-0.39, 0.29) is 22.6 Å². The molecular weight excluding hydrogens is 598 g/mol. The Hall–Kier alpha value is -3.69. The maximum absolute atomic E-state index is 15.5. The molecular formula is C35H39F3N2O2SSi. The van der Waals surface area contributed by atoms with Crippen LogP contribution in [0.2, 0.25) is 0 Å². The molecule has 4 nitrogen and oxygen atoms in total. The maximum atomic E-state index is 15.5. The van der Waals surface area contributed by atoms with Gasteiger partial charge in [-0.3, -0.25) is 0 Å². The second kappa shape index (κ2) is 13.1. The Morgan fingerprint density at radius 1 is 0.659 bits per heavy atom. The summed E-state index contributed by atoms with van der Waals surface area (Å²) in [4.78, 5) is 2.10. The lowest BCUT2D eigenvalue weighted by Gasteiger charge is -2.35. The van der Waals surface area contributed by atoms with Gasteiger partial charge in [-0.05, 0) is 50.0 Å². The highest BCUT2D eigenvalue weighted by Crippen LogP contribution is 2.35. The van der Waals surface area contributed by atoms with Gasteiger partial charge in [0.1, 0.15) is 5.33 Å². The number of hydrogen-bond acceptors (Lipinski definition) is 3. The molecule has 0 fully saturated rings. The van der Waals surface area contributed by atoms with Crippen LogP contribution < -0.4 is 20.4 Å². The summed E-state index contributed by atoms with van der Waals surface area (Å²) >= 11 is 0. The summed E-state index contributed by atoms with van der Waals surface area (Å²) in [5.41, 5.74) is 2.07. The van der Waals surface area contributed by atoms with E-state index >= 15 is 13.2 Å². The number of hydrogen-bond donors (Lipinski definition) is 1. The number of alkyl halides is 3. The zero-order valence-corrected chi connectivity index (χ0v) is 27.7. The molecule has 232 valence electrons. The molecule has 9 heteroatoms. The van der Waals surface area contributed by atoms with Crippen LogP contribution in [0.15, 0.2) is 113 Å². The highest BCUT2D eigenvalue weighted by atomic mass is 32.2. The molecule has 0 atom stereocenters. The standard InChI is InChI=1S/C35H39F3N2O2SSi/c1-24(2)27-22-31(25(3)4)33(32(23-27)26(5)6)43(41,42)40-39-34(35(36,37)38)44(28-16-10-7-11-17-28,29-18-12-8-13-19-29)30-20-14-9-15-21-30/h7-26,40H,1-6H3/b39-34-. The maximum Gasteiger partial charge on any atom is 0.428 e. The van der Waals surface area contributed by atoms with Crippen molar-refractivity contribution in [1.82, 2.24) is 4.83 Å². The number of nitrogens with one attached hydrogen (secondary N) is 1. The van der Waals surface area contributed by atoms with Crippen molar-refractivity contribution in [2.24, 2.45) is 5.10 Å². The van der Waals surface area contributed by atoms with Crippen LogP contribution in [-0.4, -0.2) is 28.0 Å². The lowest BCUT2D eigenvalue weighted by atomic mass is 9.89. The van der Waals surface area contributed by atoms with Gasteiger partial charge in [0.15, 0.2) is 0 Å². The van der Waals surface area contributed by atoms with Gasteiger partial charge in [0, 0.05) is 0 Å². The van der Waals surface area contributed by atoms with Gasteiger partial charge in [0.25, 0.3) is 10.0 Å². The zero-order valence-electron chi connectivity index (χ0n) is 25.9. The van der Waals surface area contributed by atoms with Gasteiger partial charge in [-0.2, -0.15) is 26.7 Å². The van der Waals surface area contributed by atoms with Gasteiger partial charge >= 0.3 is 6.18 Å². The second-order valence-corrected chi connectivity index (χ2v) is 17.2. The van der Waals surface area contributed by atoms with Crippen molar-refractivity contribution >= 4 is 39.0 Å². The molecule has 1 N–H and O–H groups in total. The molecule has 0 amide bonds. The Bertz CT molecular complexity index is 1580. The van der Waals surface area contributed by atoms with Crippen LogP contribution in [0.4, 0.5) is 13.2 Å². The topological polar surface area (TPSA) is 58.5 Å². The summed E-state index contributed by atoms with van der Waals surface area (Å²) in [7, 11) is -8.72. The summed E-state index contributed by atoms with van der Waals surface area (Å²) in [5.74, 6) is -0.260. The fourth-order valence-corrected chi connectivity index (χ4v) is 11.8. The molecule has 4 rings (SSSR count). The Labute approximate surface area is 260 Å². The molecule has 0 heterocycles. The third-order valence-electron chi connectivity index (χ3n) is 7.87. The fraction of sp³-hybridized carbons (Fsp3) is 0.286. The van der Waals surface area contributed by atoms with Crippen LogP contribution in [-0.2, 0) is 10.0 Å². The van der Waals surface area contributed by atoms with E-state index in [9.17, 15) is 8.42 Å². The summed E-state index contributed by atoms with van der Waals surface area (Å²) in [6.07, 6.45) is -4.97. The van der Waals surface area contributed by atoms with E-state index in [1.165, 1.54) is 0 Å². The summed E-state index contributed by atoms with van der Waals surface area (Å²) < 4.78 is 74.7. The number of halogens is 3. The number of benzene rings is 4. The number of rotatable bonds is 10. The molecule has 0 aromatic heterocycles. The van der Waals surface area contributed by atoms with E-state index in [0.717, 1.165) is 5.56 Å². The van der Waals surface area contributed by atoms with E-state index in [4.69, 9.17) is 0 Å². The van der Waals surface area contributed by atoms with E-state index in [2.05, 4.69) is 9.93 Å². The van der Waals surface area contributed by atoms with Gasteiger partial charge in [-0.1, -0.05) is 145 Å². The van der Waals surface area contributed by atoms with Crippen LogP contribution in [0.3, 0.4) is 0 Å². The lowest BCUT2D eigenvalue weighted by Crippen LogP contribution is -2.75. The Morgan fingerprint density at radius 2 is 1.02 bits per heavy atom. The predicted octanol–water partition coefficient (Wildman–Crippen LogP) is 6.96. The predicted molar refractivity (Wildman–Crippen MR) is 177 cm³/mol. The summed E-state index contributed by atoms with van der Waals surface area (Å²) in [6.45, 7) is 11.6. The van der Waals surface area contributed by atoms with Gasteiger partial charge < -0.3 is 0 Å². The van der Waals surface area contributed by atoms with Gasteiger partial charge in [-0.25, -0.2) is 4.83 Å². The molecule has 0 aliphatic rings. The quantitative estimate of drug-likeness (QED) is 0.0886. The molecule has 4 aromatic carbocycles. The molecule has 0 saturated carbocycles. The van der Waals surface area contributed by atoms with Crippen LogP contribution >= 0.6 is 0 Å².